The SMILES string of the molecule is CC[CH2][Ga+2].[H-].[H-]. The summed E-state index contributed by atoms with van der Waals surface area (Å²) in [6, 6.07) is 0. The molecular weight excluding hydrogens is 106 g/mol. The topological polar surface area (TPSA) is 0 Å². The molecule has 24 valence electrons. The molecule has 0 aromatic carbocycles. The molecule has 0 spiro atoms. The van der Waals surface area contributed by atoms with Crippen LogP contribution in [-0.2, 0) is 0 Å². The predicted molar refractivity (Wildman–Crippen MR) is 23.1 cm³/mol. The first-order valence-electron chi connectivity index (χ1n) is 1.62. The van der Waals surface area contributed by atoms with Crippen molar-refractivity contribution in [3.8, 4) is 0 Å². The van der Waals surface area contributed by atoms with Crippen LogP contribution in [0.15, 0.2) is 0 Å². The minimum absolute atomic E-state index is 0. The fourth-order valence-electron chi connectivity index (χ4n) is 0. The molecule has 0 heterocycles. The van der Waals surface area contributed by atoms with Gasteiger partial charge in [-0.1, -0.05) is 0 Å². The van der Waals surface area contributed by atoms with Crippen LogP contribution < -0.4 is 0 Å². The summed E-state index contributed by atoms with van der Waals surface area (Å²) in [4.78, 5) is 1.38. The van der Waals surface area contributed by atoms with Crippen LogP contribution in [-0.4, -0.2) is 18.6 Å². The van der Waals surface area contributed by atoms with E-state index in [0.717, 1.165) is 0 Å². The zero-order valence-corrected chi connectivity index (χ0v) is 5.41. The molecule has 0 saturated heterocycles. The molecule has 0 aliphatic rings. The smallest absolute Gasteiger partial charge is 1.00 e. The Morgan fingerprint density at radius 1 is 2.00 bits per heavy atom. The molecule has 0 N–H and O–H groups in total. The molecule has 0 amide bonds. The summed E-state index contributed by atoms with van der Waals surface area (Å²) in [5, 5.41) is 0. The Balaban J connectivity index is -0.0000000450. The second-order valence-electron chi connectivity index (χ2n) is 0.789. The van der Waals surface area contributed by atoms with E-state index in [1.54, 1.807) is 0 Å². The summed E-state index contributed by atoms with van der Waals surface area (Å²) in [7, 11) is 0. The van der Waals surface area contributed by atoms with Crippen molar-refractivity contribution in [1.29, 1.82) is 0 Å². The van der Waals surface area contributed by atoms with Crippen molar-refractivity contribution in [2.24, 2.45) is 0 Å². The van der Waals surface area contributed by atoms with Crippen LogP contribution in [0.4, 0.5) is 0 Å². The molecule has 0 aliphatic heterocycles. The molecule has 0 aromatic heterocycles. The van der Waals surface area contributed by atoms with E-state index in [4.69, 9.17) is 0 Å². The summed E-state index contributed by atoms with van der Waals surface area (Å²) in [6.45, 7) is 2.20. The zero-order valence-electron chi connectivity index (χ0n) is 4.99. The van der Waals surface area contributed by atoms with Crippen molar-refractivity contribution < 1.29 is 2.85 Å². The summed E-state index contributed by atoms with van der Waals surface area (Å²) in [6.07, 6.45) is 1.35. The van der Waals surface area contributed by atoms with Crippen LogP contribution in [0.5, 0.6) is 0 Å². The Bertz CT molecular complexity index is 10.8. The van der Waals surface area contributed by atoms with Crippen molar-refractivity contribution in [3.05, 3.63) is 0 Å². The van der Waals surface area contributed by atoms with Gasteiger partial charge in [0, 0.05) is 0 Å². The maximum Gasteiger partial charge on any atom is -1.00 e. The minimum atomic E-state index is 0. The normalized spacial score (nSPS) is 7.75. The molecule has 0 unspecified atom stereocenters. The monoisotopic (exact) mass is 114 g/mol. The van der Waals surface area contributed by atoms with Gasteiger partial charge >= 0.3 is 36.9 Å². The van der Waals surface area contributed by atoms with Crippen molar-refractivity contribution in [3.63, 3.8) is 0 Å². The Hall–Kier alpha value is 0.636. The van der Waals surface area contributed by atoms with Gasteiger partial charge in [0.05, 0.1) is 0 Å². The standard InChI is InChI=1S/C3H7.Ga.2H/c1-3-2;;;/h1,3H2,2H3;;;/q;+2;2*-1. The van der Waals surface area contributed by atoms with Crippen molar-refractivity contribution in [2.45, 2.75) is 18.3 Å². The Morgan fingerprint density at radius 2 is 2.25 bits per heavy atom. The fourth-order valence-corrected chi connectivity index (χ4v) is 0. The van der Waals surface area contributed by atoms with E-state index in [0.29, 0.717) is 0 Å². The van der Waals surface area contributed by atoms with E-state index in [1.165, 1.54) is 11.4 Å². The third-order valence-corrected chi connectivity index (χ3v) is 1.50. The van der Waals surface area contributed by atoms with Crippen LogP contribution in [0, 0.1) is 0 Å². The second-order valence-corrected chi connectivity index (χ2v) is 2.00. The van der Waals surface area contributed by atoms with Crippen LogP contribution in [0.25, 0.3) is 0 Å². The zero-order chi connectivity index (χ0) is 3.41. The molecule has 0 saturated carbocycles. The van der Waals surface area contributed by atoms with Crippen LogP contribution in [0.1, 0.15) is 16.2 Å². The second kappa shape index (κ2) is 3.64. The van der Waals surface area contributed by atoms with Gasteiger partial charge in [-0.15, -0.1) is 0 Å². The molecule has 0 rings (SSSR count). The van der Waals surface area contributed by atoms with Crippen molar-refractivity contribution in [1.82, 2.24) is 0 Å². The maximum atomic E-state index is 2.20. The molecule has 4 heavy (non-hydrogen) atoms. The average molecular weight is 115 g/mol. The van der Waals surface area contributed by atoms with E-state index >= 15 is 0 Å². The minimum Gasteiger partial charge on any atom is -1.00 e. The molecule has 0 aliphatic carbocycles. The van der Waals surface area contributed by atoms with Crippen molar-refractivity contribution in [2.75, 3.05) is 0 Å². The van der Waals surface area contributed by atoms with Gasteiger partial charge in [-0.05, 0) is 0 Å². The predicted octanol–water partition coefficient (Wildman–Crippen LogP) is 1.21. The molecule has 1 heteroatoms. The average Bonchev–Trinajstić information content (AvgIpc) is 1.37. The van der Waals surface area contributed by atoms with Gasteiger partial charge in [-0.25, -0.2) is 0 Å². The van der Waals surface area contributed by atoms with E-state index in [2.05, 4.69) is 6.92 Å². The fraction of sp³-hybridized carbons (Fsp3) is 1.00. The molecule has 0 fully saturated rings. The van der Waals surface area contributed by atoms with Crippen LogP contribution in [0.2, 0.25) is 4.98 Å². The first-order valence-corrected chi connectivity index (χ1v) is 3.33. The first kappa shape index (κ1) is 4.64. The molecule has 0 nitrogen and oxygen atoms in total. The van der Waals surface area contributed by atoms with Crippen molar-refractivity contribution >= 4 is 18.6 Å². The van der Waals surface area contributed by atoms with E-state index < -0.39 is 0 Å². The third-order valence-electron chi connectivity index (χ3n) is 0.289. The summed E-state index contributed by atoms with van der Waals surface area (Å²) in [5.41, 5.74) is 0. The number of hydrogen-bond acceptors (Lipinski definition) is 0. The van der Waals surface area contributed by atoms with Crippen LogP contribution >= 0.6 is 0 Å². The van der Waals surface area contributed by atoms with Gasteiger partial charge in [0.1, 0.15) is 0 Å². The summed E-state index contributed by atoms with van der Waals surface area (Å²) >= 11 is 1.82. The van der Waals surface area contributed by atoms with Gasteiger partial charge in [-0.2, -0.15) is 0 Å². The third kappa shape index (κ3) is 2.64. The van der Waals surface area contributed by atoms with E-state index in [9.17, 15) is 0 Å². The maximum absolute atomic E-state index is 2.20. The largest absolute Gasteiger partial charge is 1.00 e. The number of hydrogen-bond donors (Lipinski definition) is 0. The molecule has 0 aromatic rings. The molecule has 0 bridgehead atoms. The summed E-state index contributed by atoms with van der Waals surface area (Å²) < 4.78 is 0. The Kier molecular flexibility index (Phi) is 4.21. The van der Waals surface area contributed by atoms with Gasteiger partial charge < -0.3 is 2.85 Å². The van der Waals surface area contributed by atoms with Gasteiger partial charge in [0.15, 0.2) is 0 Å². The molecular formula is C3H9Ga. The van der Waals surface area contributed by atoms with E-state index in [-0.39, 0.29) is 2.85 Å². The number of rotatable bonds is 1. The summed E-state index contributed by atoms with van der Waals surface area (Å²) in [5.74, 6) is 0. The quantitative estimate of drug-likeness (QED) is 0.450. The molecule has 0 radical (unpaired) electrons. The van der Waals surface area contributed by atoms with Crippen LogP contribution in [0.3, 0.4) is 0 Å². The Morgan fingerprint density at radius 3 is 2.25 bits per heavy atom. The van der Waals surface area contributed by atoms with E-state index in [1.807, 2.05) is 18.6 Å². The Labute approximate surface area is 40.5 Å². The van der Waals surface area contributed by atoms with Gasteiger partial charge in [0.25, 0.3) is 0 Å². The first-order chi connectivity index (χ1) is 1.91. The van der Waals surface area contributed by atoms with Gasteiger partial charge in [-0.3, -0.25) is 0 Å². The molecule has 0 atom stereocenters. The van der Waals surface area contributed by atoms with Gasteiger partial charge in [0.2, 0.25) is 0 Å².